The molecule has 30 heavy (non-hydrogen) atoms. The largest absolute Gasteiger partial charge is 0.349 e. The number of rotatable bonds is 5. The van der Waals surface area contributed by atoms with Crippen LogP contribution in [0.3, 0.4) is 0 Å². The molecule has 0 bridgehead atoms. The predicted molar refractivity (Wildman–Crippen MR) is 120 cm³/mol. The lowest BCUT2D eigenvalue weighted by atomic mass is 9.84. The molecule has 0 saturated heterocycles. The topological polar surface area (TPSA) is 45.2 Å². The molecular formula is C26H29N3O. The molecule has 0 unspecified atom stereocenters. The van der Waals surface area contributed by atoms with Crippen molar-refractivity contribution < 1.29 is 4.79 Å². The van der Waals surface area contributed by atoms with Crippen molar-refractivity contribution in [3.63, 3.8) is 0 Å². The summed E-state index contributed by atoms with van der Waals surface area (Å²) in [4.78, 5) is 19.8. The Hall–Kier alpha value is -2.72. The minimum absolute atomic E-state index is 0.0341. The number of carbonyl (C=O) groups excluding carboxylic acids is 1. The van der Waals surface area contributed by atoms with Gasteiger partial charge in [0, 0.05) is 30.7 Å². The Balaban J connectivity index is 1.10. The number of pyridine rings is 1. The molecule has 1 fully saturated rings. The van der Waals surface area contributed by atoms with Crippen LogP contribution in [0.25, 0.3) is 10.9 Å². The molecule has 0 radical (unpaired) electrons. The quantitative estimate of drug-likeness (QED) is 0.662. The van der Waals surface area contributed by atoms with Gasteiger partial charge in [-0.3, -0.25) is 14.7 Å². The van der Waals surface area contributed by atoms with E-state index in [2.05, 4.69) is 39.5 Å². The third kappa shape index (κ3) is 4.10. The predicted octanol–water partition coefficient (Wildman–Crippen LogP) is 4.93. The Morgan fingerprint density at radius 2 is 1.63 bits per heavy atom. The number of benzene rings is 2. The van der Waals surface area contributed by atoms with Gasteiger partial charge in [0.15, 0.2) is 0 Å². The molecule has 1 aliphatic carbocycles. The van der Waals surface area contributed by atoms with Crippen molar-refractivity contribution in [3.8, 4) is 0 Å². The van der Waals surface area contributed by atoms with Crippen LogP contribution in [0.15, 0.2) is 60.8 Å². The van der Waals surface area contributed by atoms with E-state index in [1.165, 1.54) is 36.9 Å². The molecule has 1 amide bonds. The summed E-state index contributed by atoms with van der Waals surface area (Å²) in [5.41, 5.74) is 4.59. The average Bonchev–Trinajstić information content (AvgIpc) is 3.21. The number of nitrogens with zero attached hydrogens (tertiary/aromatic N) is 2. The first kappa shape index (κ1) is 19.3. The number of fused-ring (bicyclic) bond motifs is 2. The molecule has 1 N–H and O–H groups in total. The molecule has 4 nitrogen and oxygen atoms in total. The monoisotopic (exact) mass is 399 g/mol. The second kappa shape index (κ2) is 8.57. The number of carbonyl (C=O) groups is 1. The minimum atomic E-state index is 0.0341. The van der Waals surface area contributed by atoms with Gasteiger partial charge in [-0.25, -0.2) is 0 Å². The first-order valence-corrected chi connectivity index (χ1v) is 11.2. The maximum Gasteiger partial charge on any atom is 0.252 e. The van der Waals surface area contributed by atoms with E-state index >= 15 is 0 Å². The van der Waals surface area contributed by atoms with Gasteiger partial charge < -0.3 is 5.32 Å². The molecule has 4 heteroatoms. The van der Waals surface area contributed by atoms with Crippen molar-refractivity contribution in [1.29, 1.82) is 0 Å². The maximum atomic E-state index is 12.9. The van der Waals surface area contributed by atoms with Gasteiger partial charge in [0.05, 0.1) is 11.1 Å². The number of aromatic nitrogens is 1. The minimum Gasteiger partial charge on any atom is -0.349 e. The van der Waals surface area contributed by atoms with E-state index in [0.29, 0.717) is 0 Å². The maximum absolute atomic E-state index is 12.9. The van der Waals surface area contributed by atoms with Crippen LogP contribution < -0.4 is 5.32 Å². The van der Waals surface area contributed by atoms with Crippen molar-refractivity contribution in [2.45, 2.75) is 51.2 Å². The molecule has 1 saturated carbocycles. The molecule has 154 valence electrons. The van der Waals surface area contributed by atoms with E-state index in [4.69, 9.17) is 0 Å². The number of hydrogen-bond donors (Lipinski definition) is 1. The summed E-state index contributed by atoms with van der Waals surface area (Å²) in [7, 11) is 0. The SMILES string of the molecule is O=C(NC1CCC(CCN2Cc3ccccc3C2)CC1)c1ccnc2ccccc12. The highest BCUT2D eigenvalue weighted by atomic mass is 16.1. The van der Waals surface area contributed by atoms with Gasteiger partial charge in [-0.15, -0.1) is 0 Å². The average molecular weight is 400 g/mol. The zero-order valence-electron chi connectivity index (χ0n) is 17.4. The number of nitrogens with one attached hydrogen (secondary N) is 1. The Morgan fingerprint density at radius 3 is 2.40 bits per heavy atom. The molecule has 2 heterocycles. The Morgan fingerprint density at radius 1 is 0.933 bits per heavy atom. The zero-order valence-corrected chi connectivity index (χ0v) is 17.4. The van der Waals surface area contributed by atoms with Crippen LogP contribution in [-0.4, -0.2) is 28.4 Å². The van der Waals surface area contributed by atoms with Crippen LogP contribution in [-0.2, 0) is 13.1 Å². The molecule has 0 spiro atoms. The van der Waals surface area contributed by atoms with Crippen LogP contribution in [0.2, 0.25) is 0 Å². The van der Waals surface area contributed by atoms with Gasteiger partial charge in [-0.05, 0) is 67.8 Å². The van der Waals surface area contributed by atoms with Crippen LogP contribution in [0.4, 0.5) is 0 Å². The number of amides is 1. The van der Waals surface area contributed by atoms with Crippen molar-refractivity contribution in [2.75, 3.05) is 6.54 Å². The summed E-state index contributed by atoms with van der Waals surface area (Å²) >= 11 is 0. The first-order valence-electron chi connectivity index (χ1n) is 11.2. The zero-order chi connectivity index (χ0) is 20.3. The smallest absolute Gasteiger partial charge is 0.252 e. The van der Waals surface area contributed by atoms with Crippen molar-refractivity contribution >= 4 is 16.8 Å². The highest BCUT2D eigenvalue weighted by Gasteiger charge is 2.25. The first-order chi connectivity index (χ1) is 14.8. The standard InChI is InChI=1S/C26H29N3O/c30-26(24-13-15-27-25-8-4-3-7-23(24)25)28-22-11-9-19(10-12-22)14-16-29-17-20-5-1-2-6-21(20)18-29/h1-8,13,15,19,22H,9-12,14,16-18H2,(H,28,30). The Bertz CT molecular complexity index is 1010. The summed E-state index contributed by atoms with van der Waals surface area (Å²) in [6.07, 6.45) is 7.58. The van der Waals surface area contributed by atoms with E-state index in [1.807, 2.05) is 30.3 Å². The Kier molecular flexibility index (Phi) is 5.50. The molecule has 1 aromatic heterocycles. The summed E-state index contributed by atoms with van der Waals surface area (Å²) in [6.45, 7) is 3.38. The van der Waals surface area contributed by atoms with Crippen molar-refractivity contribution in [3.05, 3.63) is 77.5 Å². The molecule has 5 rings (SSSR count). The van der Waals surface area contributed by atoms with Gasteiger partial charge in [-0.2, -0.15) is 0 Å². The third-order valence-electron chi connectivity index (χ3n) is 6.84. The number of para-hydroxylation sites is 1. The second-order valence-electron chi connectivity index (χ2n) is 8.83. The highest BCUT2D eigenvalue weighted by molar-refractivity contribution is 6.06. The van der Waals surface area contributed by atoms with Gasteiger partial charge in [0.2, 0.25) is 0 Å². The lowest BCUT2D eigenvalue weighted by Crippen LogP contribution is -2.38. The summed E-state index contributed by atoms with van der Waals surface area (Å²) in [5.74, 6) is 0.815. The van der Waals surface area contributed by atoms with E-state index in [1.54, 1.807) is 6.20 Å². The Labute approximate surface area is 178 Å². The van der Waals surface area contributed by atoms with Crippen LogP contribution in [0.5, 0.6) is 0 Å². The lowest BCUT2D eigenvalue weighted by molar-refractivity contribution is 0.0921. The molecule has 3 aromatic rings. The summed E-state index contributed by atoms with van der Waals surface area (Å²) in [5, 5.41) is 4.21. The summed E-state index contributed by atoms with van der Waals surface area (Å²) in [6, 6.07) is 18.8. The van der Waals surface area contributed by atoms with Gasteiger partial charge in [0.25, 0.3) is 5.91 Å². The normalized spacial score (nSPS) is 21.5. The van der Waals surface area contributed by atoms with E-state index in [-0.39, 0.29) is 11.9 Å². The molecule has 0 atom stereocenters. The third-order valence-corrected chi connectivity index (χ3v) is 6.84. The number of hydrogen-bond acceptors (Lipinski definition) is 3. The fourth-order valence-corrected chi connectivity index (χ4v) is 5.08. The van der Waals surface area contributed by atoms with Crippen molar-refractivity contribution in [1.82, 2.24) is 15.2 Å². The van der Waals surface area contributed by atoms with E-state index in [9.17, 15) is 4.79 Å². The van der Waals surface area contributed by atoms with Gasteiger partial charge in [0.1, 0.15) is 0 Å². The summed E-state index contributed by atoms with van der Waals surface area (Å²) < 4.78 is 0. The van der Waals surface area contributed by atoms with Crippen LogP contribution in [0.1, 0.15) is 53.6 Å². The lowest BCUT2D eigenvalue weighted by Gasteiger charge is -2.30. The fourth-order valence-electron chi connectivity index (χ4n) is 5.08. The molecule has 2 aromatic carbocycles. The molecule has 2 aliphatic rings. The molecular weight excluding hydrogens is 370 g/mol. The van der Waals surface area contributed by atoms with E-state index < -0.39 is 0 Å². The fraction of sp³-hybridized carbons (Fsp3) is 0.385. The highest BCUT2D eigenvalue weighted by Crippen LogP contribution is 2.29. The van der Waals surface area contributed by atoms with Crippen LogP contribution in [0, 0.1) is 5.92 Å². The van der Waals surface area contributed by atoms with Gasteiger partial charge >= 0.3 is 0 Å². The second-order valence-corrected chi connectivity index (χ2v) is 8.83. The van der Waals surface area contributed by atoms with E-state index in [0.717, 1.165) is 48.3 Å². The molecule has 1 aliphatic heterocycles. The van der Waals surface area contributed by atoms with Crippen molar-refractivity contribution in [2.24, 2.45) is 5.92 Å². The van der Waals surface area contributed by atoms with Gasteiger partial charge in [-0.1, -0.05) is 42.5 Å². The van der Waals surface area contributed by atoms with Crippen LogP contribution >= 0.6 is 0 Å².